The van der Waals surface area contributed by atoms with Crippen LogP contribution in [-0.2, 0) is 16.1 Å². The van der Waals surface area contributed by atoms with E-state index in [1.807, 2.05) is 31.3 Å². The maximum atomic E-state index is 11.7. The highest BCUT2D eigenvalue weighted by molar-refractivity contribution is 14.0. The third-order valence-electron chi connectivity index (χ3n) is 4.86. The lowest BCUT2D eigenvalue weighted by Gasteiger charge is -2.21. The molecule has 1 heterocycles. The Morgan fingerprint density at radius 2 is 2.14 bits per heavy atom. The number of hydrogen-bond acceptors (Lipinski definition) is 4. The van der Waals surface area contributed by atoms with Gasteiger partial charge in [0.15, 0.2) is 12.6 Å². The molecule has 3 rings (SSSR count). The van der Waals surface area contributed by atoms with Gasteiger partial charge in [-0.2, -0.15) is 0 Å². The molecule has 1 aliphatic heterocycles. The van der Waals surface area contributed by atoms with Crippen LogP contribution >= 0.6 is 24.0 Å². The fourth-order valence-electron chi connectivity index (χ4n) is 3.30. The Morgan fingerprint density at radius 3 is 2.86 bits per heavy atom. The molecule has 1 aromatic rings. The fraction of sp³-hybridized carbons (Fsp3) is 0.600. The number of hydrogen-bond donors (Lipinski definition) is 2. The van der Waals surface area contributed by atoms with Crippen LogP contribution in [0.4, 0.5) is 0 Å². The van der Waals surface area contributed by atoms with Gasteiger partial charge in [-0.1, -0.05) is 12.1 Å². The van der Waals surface area contributed by atoms with Crippen LogP contribution in [-0.4, -0.2) is 63.3 Å². The average molecular weight is 502 g/mol. The maximum Gasteiger partial charge on any atom is 0.258 e. The molecule has 8 heteroatoms. The molecule has 1 saturated heterocycles. The van der Waals surface area contributed by atoms with Gasteiger partial charge in [0.25, 0.3) is 5.91 Å². The zero-order valence-corrected chi connectivity index (χ0v) is 19.0. The van der Waals surface area contributed by atoms with Crippen LogP contribution in [0.1, 0.15) is 24.8 Å². The number of guanidine groups is 1. The van der Waals surface area contributed by atoms with Crippen LogP contribution in [0.5, 0.6) is 5.75 Å². The Kier molecular flexibility index (Phi) is 9.30. The number of benzene rings is 1. The van der Waals surface area contributed by atoms with Crippen LogP contribution in [0.15, 0.2) is 29.3 Å². The van der Waals surface area contributed by atoms with Crippen molar-refractivity contribution in [3.8, 4) is 5.75 Å². The number of nitrogens with one attached hydrogen (secondary N) is 2. The van der Waals surface area contributed by atoms with Crippen molar-refractivity contribution in [1.29, 1.82) is 0 Å². The summed E-state index contributed by atoms with van der Waals surface area (Å²) in [5.41, 5.74) is 1.09. The van der Waals surface area contributed by atoms with Crippen LogP contribution in [0.3, 0.4) is 0 Å². The minimum atomic E-state index is -0.0546. The van der Waals surface area contributed by atoms with E-state index in [0.717, 1.165) is 50.5 Å². The second-order valence-corrected chi connectivity index (χ2v) is 7.23. The van der Waals surface area contributed by atoms with Gasteiger partial charge in [0.2, 0.25) is 0 Å². The van der Waals surface area contributed by atoms with Crippen LogP contribution in [0.2, 0.25) is 0 Å². The first-order chi connectivity index (χ1) is 13.2. The summed E-state index contributed by atoms with van der Waals surface area (Å²) in [6, 6.07) is 8.17. The molecule has 2 aliphatic rings. The van der Waals surface area contributed by atoms with Crippen molar-refractivity contribution in [3.63, 3.8) is 0 Å². The lowest BCUT2D eigenvalue weighted by Crippen LogP contribution is -2.39. The molecule has 0 bridgehead atoms. The van der Waals surface area contributed by atoms with Gasteiger partial charge in [-0.15, -0.1) is 24.0 Å². The molecule has 1 aliphatic carbocycles. The molecule has 1 saturated carbocycles. The first-order valence-electron chi connectivity index (χ1n) is 9.63. The smallest absolute Gasteiger partial charge is 0.258 e. The summed E-state index contributed by atoms with van der Waals surface area (Å²) in [5.74, 6) is 2.12. The zero-order chi connectivity index (χ0) is 19.1. The first kappa shape index (κ1) is 22.7. The molecule has 7 nitrogen and oxygen atoms in total. The van der Waals surface area contributed by atoms with Crippen LogP contribution < -0.4 is 15.4 Å². The second kappa shape index (κ2) is 11.5. The van der Waals surface area contributed by atoms with Gasteiger partial charge in [0.05, 0.1) is 6.61 Å². The van der Waals surface area contributed by atoms with E-state index in [4.69, 9.17) is 9.47 Å². The van der Waals surface area contributed by atoms with Crippen molar-refractivity contribution < 1.29 is 14.3 Å². The summed E-state index contributed by atoms with van der Waals surface area (Å²) in [6.45, 7) is 3.47. The number of ether oxygens (including phenoxy) is 2. The van der Waals surface area contributed by atoms with E-state index in [9.17, 15) is 4.79 Å². The normalized spacial score (nSPS) is 19.1. The minimum absolute atomic E-state index is 0. The van der Waals surface area contributed by atoms with Crippen molar-refractivity contribution in [2.45, 2.75) is 31.8 Å². The summed E-state index contributed by atoms with van der Waals surface area (Å²) in [4.78, 5) is 18.4. The van der Waals surface area contributed by atoms with Gasteiger partial charge in [-0.25, -0.2) is 0 Å². The number of carbonyl (C=O) groups excluding carboxylic acids is 1. The number of methoxy groups -OCH3 is 1. The molecule has 1 atom stereocenters. The summed E-state index contributed by atoms with van der Waals surface area (Å²) in [6.07, 6.45) is 3.29. The maximum absolute atomic E-state index is 11.7. The molecule has 0 aromatic heterocycles. The van der Waals surface area contributed by atoms with Gasteiger partial charge in [-0.3, -0.25) is 9.79 Å². The van der Waals surface area contributed by atoms with Crippen LogP contribution in [0, 0.1) is 5.92 Å². The standard InChI is InChI=1S/C20H30N4O3.HI/c1-21-20(24-9-8-16(12-24)13-26-2)22-11-15-4-3-5-18(10-15)27-14-19(25)23-17-6-7-17;/h3-5,10,16-17H,6-9,11-14H2,1-2H3,(H,21,22)(H,23,25);1H. The van der Waals surface area contributed by atoms with Gasteiger partial charge in [0.1, 0.15) is 5.75 Å². The Morgan fingerprint density at radius 1 is 1.32 bits per heavy atom. The number of carbonyl (C=O) groups is 1. The molecule has 2 N–H and O–H groups in total. The molecule has 1 amide bonds. The highest BCUT2D eigenvalue weighted by Crippen LogP contribution is 2.19. The number of halogens is 1. The molecule has 28 heavy (non-hydrogen) atoms. The molecule has 0 spiro atoms. The van der Waals surface area contributed by atoms with Gasteiger partial charge in [0, 0.05) is 45.8 Å². The average Bonchev–Trinajstić information content (AvgIpc) is 3.37. The van der Waals surface area contributed by atoms with E-state index >= 15 is 0 Å². The van der Waals surface area contributed by atoms with E-state index in [1.54, 1.807) is 7.11 Å². The van der Waals surface area contributed by atoms with Crippen molar-refractivity contribution in [3.05, 3.63) is 29.8 Å². The SMILES string of the molecule is CN=C(NCc1cccc(OCC(=O)NC2CC2)c1)N1CCC(COC)C1.I. The van der Waals surface area contributed by atoms with Gasteiger partial charge < -0.3 is 25.0 Å². The topological polar surface area (TPSA) is 75.2 Å². The fourth-order valence-corrected chi connectivity index (χ4v) is 3.30. The predicted octanol–water partition coefficient (Wildman–Crippen LogP) is 2.01. The lowest BCUT2D eigenvalue weighted by molar-refractivity contribution is -0.123. The Bertz CT molecular complexity index is 667. The zero-order valence-electron chi connectivity index (χ0n) is 16.6. The highest BCUT2D eigenvalue weighted by Gasteiger charge is 2.25. The number of amides is 1. The lowest BCUT2D eigenvalue weighted by atomic mass is 10.1. The minimum Gasteiger partial charge on any atom is -0.484 e. The van der Waals surface area contributed by atoms with E-state index in [0.29, 0.717) is 24.3 Å². The molecular formula is C20H31IN4O3. The van der Waals surface area contributed by atoms with Crippen molar-refractivity contribution >= 4 is 35.8 Å². The van der Waals surface area contributed by atoms with Gasteiger partial charge >= 0.3 is 0 Å². The molecular weight excluding hydrogens is 471 g/mol. The van der Waals surface area contributed by atoms with Crippen LogP contribution in [0.25, 0.3) is 0 Å². The Hall–Kier alpha value is -1.55. The molecule has 1 unspecified atom stereocenters. The first-order valence-corrected chi connectivity index (χ1v) is 9.63. The van der Waals surface area contributed by atoms with Gasteiger partial charge in [-0.05, 0) is 37.0 Å². The van der Waals surface area contributed by atoms with E-state index < -0.39 is 0 Å². The summed E-state index contributed by atoms with van der Waals surface area (Å²) in [7, 11) is 3.56. The Labute approximate surface area is 184 Å². The van der Waals surface area contributed by atoms with Crippen molar-refractivity contribution in [1.82, 2.24) is 15.5 Å². The molecule has 156 valence electrons. The third kappa shape index (κ3) is 7.12. The largest absolute Gasteiger partial charge is 0.484 e. The number of rotatable bonds is 8. The highest BCUT2D eigenvalue weighted by atomic mass is 127. The molecule has 2 fully saturated rings. The second-order valence-electron chi connectivity index (χ2n) is 7.23. The Balaban J connectivity index is 0.00000280. The number of likely N-dealkylation sites (tertiary alicyclic amines) is 1. The number of nitrogens with zero attached hydrogens (tertiary/aromatic N) is 2. The number of aliphatic imine (C=N–C) groups is 1. The quantitative estimate of drug-likeness (QED) is 0.323. The van der Waals surface area contributed by atoms with Crippen molar-refractivity contribution in [2.75, 3.05) is 40.5 Å². The molecule has 1 aromatic carbocycles. The summed E-state index contributed by atoms with van der Waals surface area (Å²) < 4.78 is 10.9. The third-order valence-corrected chi connectivity index (χ3v) is 4.86. The van der Waals surface area contributed by atoms with E-state index in [2.05, 4.69) is 20.5 Å². The summed E-state index contributed by atoms with van der Waals surface area (Å²) >= 11 is 0. The van der Waals surface area contributed by atoms with E-state index in [-0.39, 0.29) is 36.5 Å². The monoisotopic (exact) mass is 502 g/mol. The predicted molar refractivity (Wildman–Crippen MR) is 120 cm³/mol. The van der Waals surface area contributed by atoms with E-state index in [1.165, 1.54) is 0 Å². The summed E-state index contributed by atoms with van der Waals surface area (Å²) in [5, 5.41) is 6.34. The molecule has 0 radical (unpaired) electrons. The van der Waals surface area contributed by atoms with Crippen molar-refractivity contribution in [2.24, 2.45) is 10.9 Å².